The maximum Gasteiger partial charge on any atom is 0.0521 e. The van der Waals surface area contributed by atoms with Crippen molar-refractivity contribution in [2.24, 2.45) is 13.0 Å². The van der Waals surface area contributed by atoms with Crippen LogP contribution in [0.15, 0.2) is 12.4 Å². The highest BCUT2D eigenvalue weighted by atomic mass is 15.2. The molecular weight excluding hydrogens is 186 g/mol. The highest BCUT2D eigenvalue weighted by Gasteiger charge is 2.04. The van der Waals surface area contributed by atoms with Gasteiger partial charge in [0.1, 0.15) is 0 Å². The molecule has 0 fully saturated rings. The van der Waals surface area contributed by atoms with E-state index in [0.29, 0.717) is 0 Å². The van der Waals surface area contributed by atoms with Crippen LogP contribution in [-0.4, -0.2) is 22.9 Å². The molecule has 1 atom stereocenters. The van der Waals surface area contributed by atoms with E-state index < -0.39 is 0 Å². The average Bonchev–Trinajstić information content (AvgIpc) is 2.59. The van der Waals surface area contributed by atoms with Gasteiger partial charge in [0.15, 0.2) is 0 Å². The molecule has 0 bridgehead atoms. The maximum absolute atomic E-state index is 4.18. The molecule has 0 radical (unpaired) electrons. The van der Waals surface area contributed by atoms with Gasteiger partial charge in [-0.3, -0.25) is 4.68 Å². The third-order valence-corrected chi connectivity index (χ3v) is 2.58. The van der Waals surface area contributed by atoms with Crippen molar-refractivity contribution in [3.8, 4) is 0 Å². The van der Waals surface area contributed by atoms with Crippen molar-refractivity contribution in [1.82, 2.24) is 15.1 Å². The quantitative estimate of drug-likeness (QED) is 0.696. The summed E-state index contributed by atoms with van der Waals surface area (Å²) in [4.78, 5) is 0. The summed E-state index contributed by atoms with van der Waals surface area (Å²) in [6, 6.07) is 0. The molecule has 86 valence electrons. The lowest BCUT2D eigenvalue weighted by atomic mass is 10.0. The summed E-state index contributed by atoms with van der Waals surface area (Å²) in [6.07, 6.45) is 7.68. The highest BCUT2D eigenvalue weighted by molar-refractivity contribution is 5.04. The Hall–Kier alpha value is -0.830. The molecule has 1 N–H and O–H groups in total. The van der Waals surface area contributed by atoms with Crippen molar-refractivity contribution in [2.45, 2.75) is 33.1 Å². The molecule has 0 aliphatic rings. The van der Waals surface area contributed by atoms with Crippen LogP contribution in [0.5, 0.6) is 0 Å². The van der Waals surface area contributed by atoms with E-state index in [4.69, 9.17) is 0 Å². The van der Waals surface area contributed by atoms with Crippen LogP contribution in [0.4, 0.5) is 0 Å². The fraction of sp³-hybridized carbons (Fsp3) is 0.750. The predicted octanol–water partition coefficient (Wildman–Crippen LogP) is 1.99. The smallest absolute Gasteiger partial charge is 0.0521 e. The van der Waals surface area contributed by atoms with E-state index in [2.05, 4.69) is 30.5 Å². The first-order valence-corrected chi connectivity index (χ1v) is 5.90. The third-order valence-electron chi connectivity index (χ3n) is 2.58. The number of nitrogens with zero attached hydrogens (tertiary/aromatic N) is 2. The van der Waals surface area contributed by atoms with Crippen molar-refractivity contribution in [3.05, 3.63) is 18.0 Å². The lowest BCUT2D eigenvalue weighted by Crippen LogP contribution is -2.18. The van der Waals surface area contributed by atoms with E-state index in [1.807, 2.05) is 17.9 Å². The van der Waals surface area contributed by atoms with Gasteiger partial charge in [0.2, 0.25) is 0 Å². The first-order valence-electron chi connectivity index (χ1n) is 5.90. The van der Waals surface area contributed by atoms with Gasteiger partial charge in [0.05, 0.1) is 6.20 Å². The maximum atomic E-state index is 4.18. The largest absolute Gasteiger partial charge is 0.317 e. The van der Waals surface area contributed by atoms with E-state index in [1.165, 1.54) is 18.4 Å². The minimum absolute atomic E-state index is 0.735. The zero-order valence-corrected chi connectivity index (χ0v) is 10.2. The molecule has 0 aromatic carbocycles. The molecule has 1 aromatic heterocycles. The number of aromatic nitrogens is 2. The van der Waals surface area contributed by atoms with Crippen LogP contribution in [0.2, 0.25) is 0 Å². The number of rotatable bonds is 7. The van der Waals surface area contributed by atoms with Gasteiger partial charge in [-0.1, -0.05) is 13.8 Å². The van der Waals surface area contributed by atoms with Gasteiger partial charge in [0, 0.05) is 13.2 Å². The fourth-order valence-corrected chi connectivity index (χ4v) is 1.73. The molecule has 0 saturated heterocycles. The zero-order chi connectivity index (χ0) is 11.1. The van der Waals surface area contributed by atoms with Crippen LogP contribution in [-0.2, 0) is 13.5 Å². The van der Waals surface area contributed by atoms with Crippen molar-refractivity contribution < 1.29 is 0 Å². The Morgan fingerprint density at radius 1 is 1.47 bits per heavy atom. The Morgan fingerprint density at radius 2 is 2.27 bits per heavy atom. The Labute approximate surface area is 92.9 Å². The van der Waals surface area contributed by atoms with Crippen molar-refractivity contribution >= 4 is 0 Å². The molecule has 0 amide bonds. The molecule has 1 unspecified atom stereocenters. The summed E-state index contributed by atoms with van der Waals surface area (Å²) in [7, 11) is 1.97. The second-order valence-corrected chi connectivity index (χ2v) is 4.37. The molecule has 3 heteroatoms. The van der Waals surface area contributed by atoms with Crippen LogP contribution in [0.1, 0.15) is 32.3 Å². The molecule has 1 aromatic rings. The highest BCUT2D eigenvalue weighted by Crippen LogP contribution is 2.10. The van der Waals surface area contributed by atoms with Crippen LogP contribution >= 0.6 is 0 Å². The molecule has 0 aliphatic carbocycles. The summed E-state index contributed by atoms with van der Waals surface area (Å²) in [5.41, 5.74) is 1.35. The third kappa shape index (κ3) is 4.98. The van der Waals surface area contributed by atoms with Crippen LogP contribution in [0.25, 0.3) is 0 Å². The van der Waals surface area contributed by atoms with Gasteiger partial charge in [-0.15, -0.1) is 0 Å². The first kappa shape index (κ1) is 12.2. The summed E-state index contributed by atoms with van der Waals surface area (Å²) in [5, 5.41) is 7.62. The first-order chi connectivity index (χ1) is 7.22. The number of hydrogen-bond acceptors (Lipinski definition) is 2. The van der Waals surface area contributed by atoms with Crippen molar-refractivity contribution in [3.63, 3.8) is 0 Å². The zero-order valence-electron chi connectivity index (χ0n) is 10.2. The minimum atomic E-state index is 0.735. The topological polar surface area (TPSA) is 29.9 Å². The Bertz CT molecular complexity index is 268. The molecule has 1 heterocycles. The van der Waals surface area contributed by atoms with E-state index in [0.717, 1.165) is 25.4 Å². The molecule has 0 saturated carbocycles. The molecular formula is C12H23N3. The van der Waals surface area contributed by atoms with Gasteiger partial charge >= 0.3 is 0 Å². The molecule has 0 spiro atoms. The van der Waals surface area contributed by atoms with Gasteiger partial charge in [-0.05, 0) is 43.8 Å². The van der Waals surface area contributed by atoms with Crippen molar-refractivity contribution in [1.29, 1.82) is 0 Å². The minimum Gasteiger partial charge on any atom is -0.317 e. The van der Waals surface area contributed by atoms with E-state index in [1.54, 1.807) is 0 Å². The Balaban J connectivity index is 2.15. The summed E-state index contributed by atoms with van der Waals surface area (Å²) in [6.45, 7) is 6.78. The van der Waals surface area contributed by atoms with E-state index in [-0.39, 0.29) is 0 Å². The van der Waals surface area contributed by atoms with Crippen molar-refractivity contribution in [2.75, 3.05) is 13.1 Å². The van der Waals surface area contributed by atoms with Gasteiger partial charge in [-0.2, -0.15) is 5.10 Å². The lowest BCUT2D eigenvalue weighted by molar-refractivity contribution is 0.498. The summed E-state index contributed by atoms with van der Waals surface area (Å²) < 4.78 is 1.87. The van der Waals surface area contributed by atoms with Crippen LogP contribution < -0.4 is 5.32 Å². The van der Waals surface area contributed by atoms with E-state index in [9.17, 15) is 0 Å². The predicted molar refractivity (Wildman–Crippen MR) is 63.9 cm³/mol. The van der Waals surface area contributed by atoms with Gasteiger partial charge < -0.3 is 5.32 Å². The van der Waals surface area contributed by atoms with Gasteiger partial charge in [0.25, 0.3) is 0 Å². The van der Waals surface area contributed by atoms with Crippen LogP contribution in [0, 0.1) is 5.92 Å². The normalized spacial score (nSPS) is 13.0. The molecule has 3 nitrogen and oxygen atoms in total. The summed E-state index contributed by atoms with van der Waals surface area (Å²) >= 11 is 0. The monoisotopic (exact) mass is 209 g/mol. The summed E-state index contributed by atoms with van der Waals surface area (Å²) in [5.74, 6) is 0.735. The fourth-order valence-electron chi connectivity index (χ4n) is 1.73. The standard InChI is InChI=1S/C12H23N3/c1-4-6-13-7-5-11(2)8-12-9-14-15(3)10-12/h9-11,13H,4-8H2,1-3H3. The molecule has 1 rings (SSSR count). The Kier molecular flexibility index (Phi) is 5.40. The van der Waals surface area contributed by atoms with Crippen LogP contribution in [0.3, 0.4) is 0 Å². The number of nitrogens with one attached hydrogen (secondary N) is 1. The second-order valence-electron chi connectivity index (χ2n) is 4.37. The van der Waals surface area contributed by atoms with Gasteiger partial charge in [-0.25, -0.2) is 0 Å². The second kappa shape index (κ2) is 6.62. The SMILES string of the molecule is CCCNCCC(C)Cc1cnn(C)c1. The molecule has 0 aliphatic heterocycles. The lowest BCUT2D eigenvalue weighted by Gasteiger charge is -2.10. The average molecular weight is 209 g/mol. The number of hydrogen-bond donors (Lipinski definition) is 1. The van der Waals surface area contributed by atoms with E-state index >= 15 is 0 Å². The molecule has 15 heavy (non-hydrogen) atoms. The number of aryl methyl sites for hydroxylation is 1. The Morgan fingerprint density at radius 3 is 2.87 bits per heavy atom.